The average molecular weight is 230 g/mol. The van der Waals surface area contributed by atoms with Crippen molar-refractivity contribution in [2.75, 3.05) is 0 Å². The fourth-order valence-corrected chi connectivity index (χ4v) is 3.11. The predicted octanol–water partition coefficient (Wildman–Crippen LogP) is 1.71. The lowest BCUT2D eigenvalue weighted by Gasteiger charge is -2.47. The zero-order valence-corrected chi connectivity index (χ0v) is 10.0. The fourth-order valence-electron chi connectivity index (χ4n) is 3.11. The maximum atomic E-state index is 10.4. The highest BCUT2D eigenvalue weighted by Crippen LogP contribution is 2.38. The molecule has 0 amide bonds. The third-order valence-corrected chi connectivity index (χ3v) is 3.75. The van der Waals surface area contributed by atoms with E-state index < -0.39 is 5.60 Å². The van der Waals surface area contributed by atoms with Crippen molar-refractivity contribution in [1.82, 2.24) is 5.32 Å². The quantitative estimate of drug-likeness (QED) is 0.620. The van der Waals surface area contributed by atoms with Crippen molar-refractivity contribution < 1.29 is 5.11 Å². The van der Waals surface area contributed by atoms with Crippen LogP contribution in [0.1, 0.15) is 39.0 Å². The molecule has 0 radical (unpaired) electrons. The number of aliphatic hydroxyl groups is 1. The SMILES string of the molecule is C#CC1(O)CC(C)NC2CCCCC21.Cl. The van der Waals surface area contributed by atoms with Crippen molar-refractivity contribution in [1.29, 1.82) is 0 Å². The number of rotatable bonds is 0. The zero-order valence-electron chi connectivity index (χ0n) is 9.20. The van der Waals surface area contributed by atoms with E-state index in [0.717, 1.165) is 6.42 Å². The first kappa shape index (κ1) is 12.8. The summed E-state index contributed by atoms with van der Waals surface area (Å²) in [6, 6.07) is 0.781. The molecule has 4 unspecified atom stereocenters. The fraction of sp³-hybridized carbons (Fsp3) is 0.833. The molecule has 3 heteroatoms. The van der Waals surface area contributed by atoms with E-state index in [2.05, 4.69) is 18.2 Å². The molecule has 2 fully saturated rings. The Morgan fingerprint density at radius 3 is 2.73 bits per heavy atom. The van der Waals surface area contributed by atoms with Crippen LogP contribution in [0.5, 0.6) is 0 Å². The standard InChI is InChI=1S/C12H19NO.ClH/c1-3-12(14)8-9(2)13-11-7-5-4-6-10(11)12;/h1,9-11,13-14H,4-8H2,2H3;1H. The number of terminal acetylenes is 1. The minimum absolute atomic E-state index is 0. The van der Waals surface area contributed by atoms with Gasteiger partial charge in [-0.25, -0.2) is 0 Å². The number of piperidine rings is 1. The molecule has 0 spiro atoms. The number of hydrogen-bond acceptors (Lipinski definition) is 2. The highest BCUT2D eigenvalue weighted by Gasteiger charge is 2.45. The first-order valence-corrected chi connectivity index (χ1v) is 5.62. The average Bonchev–Trinajstić information content (AvgIpc) is 2.17. The summed E-state index contributed by atoms with van der Waals surface area (Å²) in [6.45, 7) is 2.10. The molecule has 2 aliphatic rings. The van der Waals surface area contributed by atoms with Crippen molar-refractivity contribution in [3.05, 3.63) is 0 Å². The Morgan fingerprint density at radius 1 is 1.40 bits per heavy atom. The summed E-state index contributed by atoms with van der Waals surface area (Å²) in [5.74, 6) is 2.90. The van der Waals surface area contributed by atoms with Crippen LogP contribution in [0.25, 0.3) is 0 Å². The Hall–Kier alpha value is -0.230. The summed E-state index contributed by atoms with van der Waals surface area (Å²) < 4.78 is 0. The number of fused-ring (bicyclic) bond motifs is 1. The third kappa shape index (κ3) is 2.30. The number of nitrogens with one attached hydrogen (secondary N) is 1. The van der Waals surface area contributed by atoms with Gasteiger partial charge in [-0.15, -0.1) is 18.8 Å². The van der Waals surface area contributed by atoms with Gasteiger partial charge >= 0.3 is 0 Å². The first-order valence-electron chi connectivity index (χ1n) is 5.62. The van der Waals surface area contributed by atoms with E-state index in [1.54, 1.807) is 0 Å². The van der Waals surface area contributed by atoms with E-state index in [1.807, 2.05) is 0 Å². The van der Waals surface area contributed by atoms with Crippen LogP contribution >= 0.6 is 12.4 Å². The molecule has 0 aromatic carbocycles. The van der Waals surface area contributed by atoms with Gasteiger partial charge in [-0.2, -0.15) is 0 Å². The van der Waals surface area contributed by atoms with Crippen molar-refractivity contribution in [2.45, 2.75) is 56.7 Å². The van der Waals surface area contributed by atoms with Gasteiger partial charge in [0, 0.05) is 24.4 Å². The molecule has 1 saturated carbocycles. The van der Waals surface area contributed by atoms with Gasteiger partial charge in [0.1, 0.15) is 5.60 Å². The summed E-state index contributed by atoms with van der Waals surface area (Å²) in [7, 11) is 0. The summed E-state index contributed by atoms with van der Waals surface area (Å²) in [6.07, 6.45) is 10.9. The number of hydrogen-bond donors (Lipinski definition) is 2. The summed E-state index contributed by atoms with van der Waals surface area (Å²) >= 11 is 0. The molecule has 2 nitrogen and oxygen atoms in total. The Bertz CT molecular complexity index is 263. The van der Waals surface area contributed by atoms with Gasteiger partial charge in [-0.3, -0.25) is 0 Å². The van der Waals surface area contributed by atoms with Crippen LogP contribution in [0, 0.1) is 18.3 Å². The minimum atomic E-state index is -0.851. The normalized spacial score (nSPS) is 44.7. The topological polar surface area (TPSA) is 32.3 Å². The lowest BCUT2D eigenvalue weighted by atomic mass is 9.69. The van der Waals surface area contributed by atoms with E-state index in [4.69, 9.17) is 6.42 Å². The van der Waals surface area contributed by atoms with E-state index in [-0.39, 0.29) is 18.3 Å². The summed E-state index contributed by atoms with van der Waals surface area (Å²) in [4.78, 5) is 0. The Labute approximate surface area is 98.2 Å². The van der Waals surface area contributed by atoms with Gasteiger partial charge in [0.25, 0.3) is 0 Å². The maximum absolute atomic E-state index is 10.4. The molecule has 1 aliphatic heterocycles. The molecule has 1 aliphatic carbocycles. The monoisotopic (exact) mass is 229 g/mol. The van der Waals surface area contributed by atoms with Gasteiger partial charge in [0.2, 0.25) is 0 Å². The molecule has 4 atom stereocenters. The molecule has 0 aromatic rings. The third-order valence-electron chi connectivity index (χ3n) is 3.75. The van der Waals surface area contributed by atoms with Gasteiger partial charge in [0.15, 0.2) is 0 Å². The lowest BCUT2D eigenvalue weighted by Crippen LogP contribution is -2.59. The van der Waals surface area contributed by atoms with E-state index >= 15 is 0 Å². The molecular formula is C12H20ClNO. The molecule has 0 bridgehead atoms. The van der Waals surface area contributed by atoms with E-state index in [1.165, 1.54) is 19.3 Å². The van der Waals surface area contributed by atoms with Crippen molar-refractivity contribution in [3.63, 3.8) is 0 Å². The highest BCUT2D eigenvalue weighted by molar-refractivity contribution is 5.85. The largest absolute Gasteiger partial charge is 0.377 e. The molecule has 1 saturated heterocycles. The van der Waals surface area contributed by atoms with E-state index in [0.29, 0.717) is 18.5 Å². The zero-order chi connectivity index (χ0) is 10.2. The Balaban J connectivity index is 0.00000112. The van der Waals surface area contributed by atoms with Crippen LogP contribution in [0.4, 0.5) is 0 Å². The molecule has 1 heterocycles. The second kappa shape index (κ2) is 4.74. The van der Waals surface area contributed by atoms with Crippen LogP contribution < -0.4 is 5.32 Å². The Morgan fingerprint density at radius 2 is 2.07 bits per heavy atom. The maximum Gasteiger partial charge on any atom is 0.130 e. The summed E-state index contributed by atoms with van der Waals surface area (Å²) in [5.41, 5.74) is -0.851. The second-order valence-electron chi connectivity index (χ2n) is 4.84. The van der Waals surface area contributed by atoms with Gasteiger partial charge < -0.3 is 10.4 Å². The Kier molecular flexibility index (Phi) is 4.06. The van der Waals surface area contributed by atoms with Crippen LogP contribution in [-0.4, -0.2) is 22.8 Å². The first-order chi connectivity index (χ1) is 6.65. The lowest BCUT2D eigenvalue weighted by molar-refractivity contribution is -0.0384. The molecule has 2 rings (SSSR count). The van der Waals surface area contributed by atoms with Crippen LogP contribution in [0.3, 0.4) is 0 Å². The van der Waals surface area contributed by atoms with Crippen molar-refractivity contribution in [2.24, 2.45) is 5.92 Å². The molecule has 2 N–H and O–H groups in total. The molecular weight excluding hydrogens is 210 g/mol. The van der Waals surface area contributed by atoms with Crippen molar-refractivity contribution >= 4 is 12.4 Å². The van der Waals surface area contributed by atoms with Crippen molar-refractivity contribution in [3.8, 4) is 12.3 Å². The van der Waals surface area contributed by atoms with E-state index in [9.17, 15) is 5.11 Å². The predicted molar refractivity (Wildman–Crippen MR) is 64.0 cm³/mol. The van der Waals surface area contributed by atoms with Gasteiger partial charge in [-0.1, -0.05) is 18.8 Å². The second-order valence-corrected chi connectivity index (χ2v) is 4.84. The minimum Gasteiger partial charge on any atom is -0.377 e. The molecule has 15 heavy (non-hydrogen) atoms. The molecule has 0 aromatic heterocycles. The van der Waals surface area contributed by atoms with Crippen LogP contribution in [0.15, 0.2) is 0 Å². The highest BCUT2D eigenvalue weighted by atomic mass is 35.5. The van der Waals surface area contributed by atoms with Gasteiger partial charge in [-0.05, 0) is 19.8 Å². The summed E-state index contributed by atoms with van der Waals surface area (Å²) in [5, 5.41) is 13.9. The number of halogens is 1. The molecule has 86 valence electrons. The smallest absolute Gasteiger partial charge is 0.130 e. The van der Waals surface area contributed by atoms with Crippen LogP contribution in [0.2, 0.25) is 0 Å². The van der Waals surface area contributed by atoms with Gasteiger partial charge in [0.05, 0.1) is 0 Å². The van der Waals surface area contributed by atoms with Crippen LogP contribution in [-0.2, 0) is 0 Å².